The number of aromatic nitrogens is 1. The molecule has 0 spiro atoms. The lowest BCUT2D eigenvalue weighted by Gasteiger charge is -2.16. The number of carbonyl (C=O) groups is 1. The van der Waals surface area contributed by atoms with Crippen LogP contribution in [-0.2, 0) is 14.8 Å². The third-order valence-electron chi connectivity index (χ3n) is 2.43. The lowest BCUT2D eigenvalue weighted by molar-refractivity contribution is -0.137. The van der Waals surface area contributed by atoms with Gasteiger partial charge in [-0.25, -0.2) is 17.7 Å². The summed E-state index contributed by atoms with van der Waals surface area (Å²) in [6.07, 6.45) is 1.42. The van der Waals surface area contributed by atoms with Crippen LogP contribution in [0.15, 0.2) is 23.2 Å². The molecule has 1 rings (SSSR count). The van der Waals surface area contributed by atoms with E-state index in [1.807, 2.05) is 0 Å². The molecule has 19 heavy (non-hydrogen) atoms. The summed E-state index contributed by atoms with van der Waals surface area (Å²) in [6, 6.07) is 4.45. The van der Waals surface area contributed by atoms with Crippen molar-refractivity contribution >= 4 is 16.0 Å². The second-order valence-electron chi connectivity index (χ2n) is 3.79. The van der Waals surface area contributed by atoms with E-state index in [1.54, 1.807) is 6.07 Å². The standard InChI is InChI=1S/C11H13N3O4S/c1-14(7-3-5-11(15)16)19(17,18)10-4-2-6-13-9(10)8-12/h2,4,6H,3,5,7H2,1H3,(H,15,16). The first kappa shape index (κ1) is 15.1. The zero-order valence-electron chi connectivity index (χ0n) is 10.3. The van der Waals surface area contributed by atoms with Gasteiger partial charge in [0.05, 0.1) is 0 Å². The molecule has 102 valence electrons. The molecule has 0 aliphatic carbocycles. The molecule has 0 saturated heterocycles. The highest BCUT2D eigenvalue weighted by Crippen LogP contribution is 2.17. The van der Waals surface area contributed by atoms with Crippen LogP contribution in [0.25, 0.3) is 0 Å². The Hall–Kier alpha value is -1.98. The number of aliphatic carboxylic acids is 1. The van der Waals surface area contributed by atoms with Crippen LogP contribution in [-0.4, -0.2) is 42.4 Å². The molecule has 1 aromatic rings. The minimum absolute atomic E-state index is 0.0639. The highest BCUT2D eigenvalue weighted by Gasteiger charge is 2.24. The monoisotopic (exact) mass is 283 g/mol. The largest absolute Gasteiger partial charge is 0.481 e. The first-order valence-corrected chi connectivity index (χ1v) is 6.87. The van der Waals surface area contributed by atoms with Gasteiger partial charge in [-0.3, -0.25) is 4.79 Å². The predicted molar refractivity (Wildman–Crippen MR) is 65.6 cm³/mol. The zero-order valence-corrected chi connectivity index (χ0v) is 11.1. The number of pyridine rings is 1. The summed E-state index contributed by atoms with van der Waals surface area (Å²) in [6.45, 7) is 0.0639. The molecule has 0 atom stereocenters. The van der Waals surface area contributed by atoms with Crippen molar-refractivity contribution in [2.75, 3.05) is 13.6 Å². The minimum Gasteiger partial charge on any atom is -0.481 e. The van der Waals surface area contributed by atoms with Crippen LogP contribution in [0, 0.1) is 11.3 Å². The van der Waals surface area contributed by atoms with E-state index in [0.717, 1.165) is 4.31 Å². The van der Waals surface area contributed by atoms with Gasteiger partial charge in [0.1, 0.15) is 11.0 Å². The fraction of sp³-hybridized carbons (Fsp3) is 0.364. The molecule has 0 aromatic carbocycles. The van der Waals surface area contributed by atoms with E-state index < -0.39 is 16.0 Å². The quantitative estimate of drug-likeness (QED) is 0.810. The Kier molecular flexibility index (Phi) is 4.97. The lowest BCUT2D eigenvalue weighted by Crippen LogP contribution is -2.29. The summed E-state index contributed by atoms with van der Waals surface area (Å²) in [5.74, 6) is -0.982. The third-order valence-corrected chi connectivity index (χ3v) is 4.32. The molecule has 7 nitrogen and oxygen atoms in total. The van der Waals surface area contributed by atoms with E-state index in [9.17, 15) is 13.2 Å². The summed E-state index contributed by atoms with van der Waals surface area (Å²) in [4.78, 5) is 13.9. The van der Waals surface area contributed by atoms with Crippen LogP contribution in [0.1, 0.15) is 18.5 Å². The Morgan fingerprint density at radius 2 is 2.26 bits per heavy atom. The van der Waals surface area contributed by atoms with Gasteiger partial charge in [0, 0.05) is 26.2 Å². The molecule has 1 aromatic heterocycles. The maximum Gasteiger partial charge on any atom is 0.303 e. The Bertz CT molecular complexity index is 607. The van der Waals surface area contributed by atoms with E-state index in [4.69, 9.17) is 10.4 Å². The number of sulfonamides is 1. The van der Waals surface area contributed by atoms with Gasteiger partial charge in [-0.2, -0.15) is 5.26 Å². The maximum atomic E-state index is 12.2. The number of carboxylic acids is 1. The van der Waals surface area contributed by atoms with Gasteiger partial charge < -0.3 is 5.11 Å². The summed E-state index contributed by atoms with van der Waals surface area (Å²) >= 11 is 0. The minimum atomic E-state index is -3.82. The first-order valence-electron chi connectivity index (χ1n) is 5.43. The molecular formula is C11H13N3O4S. The Labute approximate surface area is 111 Å². The van der Waals surface area contributed by atoms with Crippen LogP contribution in [0.2, 0.25) is 0 Å². The highest BCUT2D eigenvalue weighted by atomic mass is 32.2. The Morgan fingerprint density at radius 3 is 2.84 bits per heavy atom. The molecule has 0 unspecified atom stereocenters. The second-order valence-corrected chi connectivity index (χ2v) is 5.80. The van der Waals surface area contributed by atoms with Crippen LogP contribution < -0.4 is 0 Å². The Balaban J connectivity index is 2.91. The summed E-state index contributed by atoms with van der Waals surface area (Å²) in [5, 5.41) is 17.3. The number of hydrogen-bond acceptors (Lipinski definition) is 5. The molecular weight excluding hydrogens is 270 g/mol. The highest BCUT2D eigenvalue weighted by molar-refractivity contribution is 7.89. The van der Waals surface area contributed by atoms with E-state index >= 15 is 0 Å². The fourth-order valence-electron chi connectivity index (χ4n) is 1.42. The summed E-state index contributed by atoms with van der Waals surface area (Å²) in [5.41, 5.74) is -0.174. The SMILES string of the molecule is CN(CCCC(=O)O)S(=O)(=O)c1cccnc1C#N. The maximum absolute atomic E-state index is 12.2. The zero-order chi connectivity index (χ0) is 14.5. The van der Waals surface area contributed by atoms with Crippen molar-refractivity contribution in [3.63, 3.8) is 0 Å². The van der Waals surface area contributed by atoms with Gasteiger partial charge in [0.2, 0.25) is 10.0 Å². The van der Waals surface area contributed by atoms with Crippen molar-refractivity contribution in [2.45, 2.75) is 17.7 Å². The van der Waals surface area contributed by atoms with Crippen LogP contribution in [0.5, 0.6) is 0 Å². The molecule has 0 aliphatic heterocycles. The molecule has 0 bridgehead atoms. The number of hydrogen-bond donors (Lipinski definition) is 1. The lowest BCUT2D eigenvalue weighted by atomic mass is 10.3. The average molecular weight is 283 g/mol. The van der Waals surface area contributed by atoms with Gasteiger partial charge in [0.15, 0.2) is 5.69 Å². The van der Waals surface area contributed by atoms with Crippen molar-refractivity contribution in [1.82, 2.24) is 9.29 Å². The smallest absolute Gasteiger partial charge is 0.303 e. The van der Waals surface area contributed by atoms with Crippen LogP contribution in [0.3, 0.4) is 0 Å². The molecule has 1 N–H and O–H groups in total. The van der Waals surface area contributed by atoms with E-state index in [2.05, 4.69) is 4.98 Å². The molecule has 0 aliphatic rings. The van der Waals surface area contributed by atoms with Gasteiger partial charge in [-0.05, 0) is 18.6 Å². The number of carboxylic acid groups (broad SMARTS) is 1. The normalized spacial score (nSPS) is 11.2. The Morgan fingerprint density at radius 1 is 1.58 bits per heavy atom. The van der Waals surface area contributed by atoms with Crippen molar-refractivity contribution in [3.05, 3.63) is 24.0 Å². The first-order chi connectivity index (χ1) is 8.89. The van der Waals surface area contributed by atoms with Gasteiger partial charge in [0.25, 0.3) is 0 Å². The second kappa shape index (κ2) is 6.26. The van der Waals surface area contributed by atoms with E-state index in [1.165, 1.54) is 25.4 Å². The number of rotatable bonds is 6. The van der Waals surface area contributed by atoms with Gasteiger partial charge in [-0.1, -0.05) is 0 Å². The van der Waals surface area contributed by atoms with Crippen molar-refractivity contribution in [3.8, 4) is 6.07 Å². The molecule has 1 heterocycles. The third kappa shape index (κ3) is 3.74. The predicted octanol–water partition coefficient (Wildman–Crippen LogP) is 0.439. The molecule has 0 amide bonds. The average Bonchev–Trinajstić information content (AvgIpc) is 2.38. The number of nitriles is 1. The van der Waals surface area contributed by atoms with E-state index in [0.29, 0.717) is 0 Å². The van der Waals surface area contributed by atoms with Gasteiger partial charge in [-0.15, -0.1) is 0 Å². The topological polar surface area (TPSA) is 111 Å². The molecule has 0 saturated carbocycles. The molecule has 0 fully saturated rings. The fourth-order valence-corrected chi connectivity index (χ4v) is 2.72. The molecule has 0 radical (unpaired) electrons. The summed E-state index contributed by atoms with van der Waals surface area (Å²) in [7, 11) is -2.49. The van der Waals surface area contributed by atoms with Gasteiger partial charge >= 0.3 is 5.97 Å². The van der Waals surface area contributed by atoms with Crippen molar-refractivity contribution in [1.29, 1.82) is 5.26 Å². The van der Waals surface area contributed by atoms with Crippen LogP contribution >= 0.6 is 0 Å². The van der Waals surface area contributed by atoms with Crippen molar-refractivity contribution < 1.29 is 18.3 Å². The van der Waals surface area contributed by atoms with Crippen LogP contribution in [0.4, 0.5) is 0 Å². The van der Waals surface area contributed by atoms with Crippen molar-refractivity contribution in [2.24, 2.45) is 0 Å². The van der Waals surface area contributed by atoms with E-state index in [-0.39, 0.29) is 30.0 Å². The number of nitrogens with zero attached hydrogens (tertiary/aromatic N) is 3. The summed E-state index contributed by atoms with van der Waals surface area (Å²) < 4.78 is 25.4. The molecule has 8 heteroatoms.